The Morgan fingerprint density at radius 2 is 2.09 bits per heavy atom. The highest BCUT2D eigenvalue weighted by Gasteiger charge is 2.21. The van der Waals surface area contributed by atoms with Gasteiger partial charge in [0, 0.05) is 24.5 Å². The van der Waals surface area contributed by atoms with Crippen LogP contribution in [0.1, 0.15) is 27.9 Å². The molecular formula is C15H19NO4S2. The smallest absolute Gasteiger partial charge is 0.304 e. The molecule has 1 aliphatic heterocycles. The molecule has 0 bridgehead atoms. The molecule has 1 aliphatic rings. The van der Waals surface area contributed by atoms with E-state index in [0.29, 0.717) is 30.2 Å². The lowest BCUT2D eigenvalue weighted by Gasteiger charge is -2.10. The molecule has 120 valence electrons. The van der Waals surface area contributed by atoms with Crippen molar-refractivity contribution in [1.29, 1.82) is 0 Å². The third-order valence-corrected chi connectivity index (χ3v) is 5.53. The number of carboxylic acids is 1. The van der Waals surface area contributed by atoms with Crippen molar-refractivity contribution in [2.45, 2.75) is 19.8 Å². The van der Waals surface area contributed by atoms with Gasteiger partial charge in [-0.05, 0) is 24.1 Å². The highest BCUT2D eigenvalue weighted by atomic mass is 33.1. The number of ether oxygens (including phenoxy) is 1. The van der Waals surface area contributed by atoms with Gasteiger partial charge in [0.25, 0.3) is 5.91 Å². The van der Waals surface area contributed by atoms with Gasteiger partial charge in [0.2, 0.25) is 0 Å². The van der Waals surface area contributed by atoms with Crippen LogP contribution in [0.2, 0.25) is 0 Å². The van der Waals surface area contributed by atoms with Crippen molar-refractivity contribution in [1.82, 2.24) is 5.32 Å². The Balaban J connectivity index is 1.75. The van der Waals surface area contributed by atoms with Crippen molar-refractivity contribution in [2.75, 3.05) is 24.7 Å². The van der Waals surface area contributed by atoms with Gasteiger partial charge in [0.1, 0.15) is 5.75 Å². The van der Waals surface area contributed by atoms with E-state index in [1.165, 1.54) is 10.8 Å². The lowest BCUT2D eigenvalue weighted by molar-refractivity contribution is -0.136. The number of aryl methyl sites for hydroxylation is 1. The third kappa shape index (κ3) is 4.84. The molecule has 2 rings (SSSR count). The van der Waals surface area contributed by atoms with Crippen LogP contribution >= 0.6 is 21.6 Å². The molecule has 2 N–H and O–H groups in total. The molecule has 22 heavy (non-hydrogen) atoms. The van der Waals surface area contributed by atoms with Crippen molar-refractivity contribution < 1.29 is 19.4 Å². The van der Waals surface area contributed by atoms with Crippen molar-refractivity contribution in [3.63, 3.8) is 0 Å². The summed E-state index contributed by atoms with van der Waals surface area (Å²) in [5.74, 6) is 1.14. The van der Waals surface area contributed by atoms with Crippen LogP contribution in [0.5, 0.6) is 5.75 Å². The number of hydrogen-bond donors (Lipinski definition) is 2. The first-order valence-corrected chi connectivity index (χ1v) is 9.57. The SMILES string of the molecule is Cc1cc2c(c(C(=O)NCCSSCCC(=O)O)c1)OCC2. The van der Waals surface area contributed by atoms with Crippen LogP contribution < -0.4 is 10.1 Å². The van der Waals surface area contributed by atoms with Crippen molar-refractivity contribution >= 4 is 33.5 Å². The molecule has 1 heterocycles. The number of carbonyl (C=O) groups excluding carboxylic acids is 1. The second-order valence-corrected chi connectivity index (χ2v) is 7.64. The van der Waals surface area contributed by atoms with E-state index in [4.69, 9.17) is 9.84 Å². The second-order valence-electron chi connectivity index (χ2n) is 4.94. The maximum absolute atomic E-state index is 12.2. The summed E-state index contributed by atoms with van der Waals surface area (Å²) in [6.07, 6.45) is 1.02. The van der Waals surface area contributed by atoms with Crippen LogP contribution in [0.25, 0.3) is 0 Å². The lowest BCUT2D eigenvalue weighted by Crippen LogP contribution is -2.26. The van der Waals surface area contributed by atoms with E-state index in [1.54, 1.807) is 10.8 Å². The quantitative estimate of drug-likeness (QED) is 0.559. The van der Waals surface area contributed by atoms with Gasteiger partial charge < -0.3 is 15.2 Å². The number of rotatable bonds is 8. The summed E-state index contributed by atoms with van der Waals surface area (Å²) in [6.45, 7) is 3.16. The summed E-state index contributed by atoms with van der Waals surface area (Å²) in [7, 11) is 3.08. The average Bonchev–Trinajstić information content (AvgIpc) is 2.92. The molecule has 0 unspecified atom stereocenters. The maximum atomic E-state index is 12.2. The predicted octanol–water partition coefficient (Wildman–Crippen LogP) is 2.52. The van der Waals surface area contributed by atoms with Gasteiger partial charge in [-0.2, -0.15) is 0 Å². The van der Waals surface area contributed by atoms with Gasteiger partial charge in [-0.15, -0.1) is 0 Å². The molecule has 0 saturated carbocycles. The van der Waals surface area contributed by atoms with E-state index < -0.39 is 5.97 Å². The Morgan fingerprint density at radius 3 is 2.86 bits per heavy atom. The van der Waals surface area contributed by atoms with Crippen LogP contribution in [0.3, 0.4) is 0 Å². The predicted molar refractivity (Wildman–Crippen MR) is 89.9 cm³/mol. The van der Waals surface area contributed by atoms with Crippen molar-refractivity contribution in [3.05, 3.63) is 28.8 Å². The highest BCUT2D eigenvalue weighted by Crippen LogP contribution is 2.31. The summed E-state index contributed by atoms with van der Waals surface area (Å²) in [6, 6.07) is 3.92. The minimum absolute atomic E-state index is 0.113. The Bertz CT molecular complexity index is 563. The normalized spacial score (nSPS) is 12.6. The van der Waals surface area contributed by atoms with E-state index in [0.717, 1.165) is 23.3 Å². The van der Waals surface area contributed by atoms with E-state index in [2.05, 4.69) is 11.4 Å². The molecule has 7 heteroatoms. The molecule has 0 fully saturated rings. The standard InChI is InChI=1S/C15H19NO4S2/c1-10-8-11-2-5-20-14(11)12(9-10)15(19)16-4-7-22-21-6-3-13(17)18/h8-9H,2-7H2,1H3,(H,16,19)(H,17,18). The maximum Gasteiger partial charge on any atom is 0.304 e. The Labute approximate surface area is 137 Å². The van der Waals surface area contributed by atoms with Crippen molar-refractivity contribution in [3.8, 4) is 5.75 Å². The first kappa shape index (κ1) is 17.0. The molecule has 0 spiro atoms. The summed E-state index contributed by atoms with van der Waals surface area (Å²) >= 11 is 0. The van der Waals surface area contributed by atoms with Gasteiger partial charge >= 0.3 is 5.97 Å². The largest absolute Gasteiger partial charge is 0.492 e. The number of carbonyl (C=O) groups is 2. The minimum atomic E-state index is -0.783. The van der Waals surface area contributed by atoms with Gasteiger partial charge in [0.15, 0.2) is 0 Å². The fourth-order valence-electron chi connectivity index (χ4n) is 2.18. The summed E-state index contributed by atoms with van der Waals surface area (Å²) in [4.78, 5) is 22.6. The number of fused-ring (bicyclic) bond motifs is 1. The van der Waals surface area contributed by atoms with Gasteiger partial charge in [0.05, 0.1) is 18.6 Å². The summed E-state index contributed by atoms with van der Waals surface area (Å²) < 4.78 is 5.56. The van der Waals surface area contributed by atoms with Crippen LogP contribution in [0, 0.1) is 6.92 Å². The first-order valence-electron chi connectivity index (χ1n) is 7.08. The van der Waals surface area contributed by atoms with Gasteiger partial charge in [-0.1, -0.05) is 27.7 Å². The Hall–Kier alpha value is -1.34. The molecule has 0 aliphatic carbocycles. The topological polar surface area (TPSA) is 75.6 Å². The van der Waals surface area contributed by atoms with Crippen LogP contribution in [-0.2, 0) is 11.2 Å². The minimum Gasteiger partial charge on any atom is -0.492 e. The molecule has 0 saturated heterocycles. The number of amides is 1. The van der Waals surface area contributed by atoms with E-state index in [1.807, 2.05) is 13.0 Å². The fraction of sp³-hybridized carbons (Fsp3) is 0.467. The van der Waals surface area contributed by atoms with Crippen LogP contribution in [0.4, 0.5) is 0 Å². The van der Waals surface area contributed by atoms with Gasteiger partial charge in [-0.25, -0.2) is 0 Å². The third-order valence-electron chi connectivity index (χ3n) is 3.13. The van der Waals surface area contributed by atoms with E-state index in [9.17, 15) is 9.59 Å². The number of nitrogens with one attached hydrogen (secondary N) is 1. The van der Waals surface area contributed by atoms with Crippen LogP contribution in [0.15, 0.2) is 12.1 Å². The molecule has 0 radical (unpaired) electrons. The average molecular weight is 341 g/mol. The van der Waals surface area contributed by atoms with E-state index in [-0.39, 0.29) is 12.3 Å². The molecule has 5 nitrogen and oxygen atoms in total. The first-order chi connectivity index (χ1) is 10.6. The molecule has 1 amide bonds. The van der Waals surface area contributed by atoms with E-state index >= 15 is 0 Å². The Morgan fingerprint density at radius 1 is 1.32 bits per heavy atom. The molecule has 0 aromatic heterocycles. The summed E-state index contributed by atoms with van der Waals surface area (Å²) in [5, 5.41) is 11.4. The molecule has 1 aromatic rings. The van der Waals surface area contributed by atoms with Gasteiger partial charge in [-0.3, -0.25) is 9.59 Å². The summed E-state index contributed by atoms with van der Waals surface area (Å²) in [5.41, 5.74) is 2.77. The second kappa shape index (κ2) is 8.33. The fourth-order valence-corrected chi connectivity index (χ4v) is 4.07. The number of aliphatic carboxylic acids is 1. The van der Waals surface area contributed by atoms with Crippen molar-refractivity contribution in [2.24, 2.45) is 0 Å². The van der Waals surface area contributed by atoms with Crippen LogP contribution in [-0.4, -0.2) is 41.6 Å². The Kier molecular flexibility index (Phi) is 6.45. The number of hydrogen-bond acceptors (Lipinski definition) is 5. The zero-order valence-corrected chi connectivity index (χ0v) is 14.0. The molecule has 0 atom stereocenters. The monoisotopic (exact) mass is 341 g/mol. The highest BCUT2D eigenvalue weighted by molar-refractivity contribution is 8.76. The molecular weight excluding hydrogens is 322 g/mol. The zero-order valence-electron chi connectivity index (χ0n) is 12.4. The lowest BCUT2D eigenvalue weighted by atomic mass is 10.0. The number of benzene rings is 1. The number of carboxylic acid groups (broad SMARTS) is 1. The zero-order chi connectivity index (χ0) is 15.9. The molecule has 1 aromatic carbocycles.